The topological polar surface area (TPSA) is 47.1 Å². The molecule has 0 radical (unpaired) electrons. The van der Waals surface area contributed by atoms with Crippen LogP contribution >= 0.6 is 15.9 Å². The third-order valence-electron chi connectivity index (χ3n) is 3.53. The molecule has 4 nitrogen and oxygen atoms in total. The Bertz CT molecular complexity index is 606. The number of nitrogens with two attached hydrogens (primary N) is 1. The van der Waals surface area contributed by atoms with Crippen LogP contribution in [0.15, 0.2) is 28.7 Å². The lowest BCUT2D eigenvalue weighted by atomic mass is 10.2. The van der Waals surface area contributed by atoms with Crippen molar-refractivity contribution in [2.45, 2.75) is 33.4 Å². The van der Waals surface area contributed by atoms with Gasteiger partial charge in [0.1, 0.15) is 0 Å². The van der Waals surface area contributed by atoms with Gasteiger partial charge >= 0.3 is 0 Å². The molecule has 1 heterocycles. The molecule has 5 heteroatoms. The van der Waals surface area contributed by atoms with Gasteiger partial charge in [0.2, 0.25) is 0 Å². The van der Waals surface area contributed by atoms with Crippen molar-refractivity contribution in [3.8, 4) is 0 Å². The maximum absolute atomic E-state index is 5.87. The summed E-state index contributed by atoms with van der Waals surface area (Å²) in [6.07, 6.45) is 1.12. The summed E-state index contributed by atoms with van der Waals surface area (Å²) in [6, 6.07) is 8.11. The number of halogens is 1. The third kappa shape index (κ3) is 4.08. The summed E-state index contributed by atoms with van der Waals surface area (Å²) in [7, 11) is 2.00. The normalized spacial score (nSPS) is 11.3. The van der Waals surface area contributed by atoms with Crippen LogP contribution in [0.1, 0.15) is 30.3 Å². The Labute approximate surface area is 135 Å². The molecule has 0 aliphatic carbocycles. The first-order chi connectivity index (χ1) is 10.0. The number of aromatic nitrogens is 2. The van der Waals surface area contributed by atoms with Gasteiger partial charge in [-0.1, -0.05) is 19.1 Å². The standard InChI is InChI=1S/C16H23BrN4/c1-4-8-21(10-13-6-5-7-14(18)9-13)11-15-16(17)12(2)19-20(15)3/h5-7,9H,4,8,10-11,18H2,1-3H3. The number of aryl methyl sites for hydroxylation is 2. The maximum Gasteiger partial charge on any atom is 0.0739 e. The zero-order chi connectivity index (χ0) is 15.4. The van der Waals surface area contributed by atoms with Gasteiger partial charge < -0.3 is 5.73 Å². The van der Waals surface area contributed by atoms with Gasteiger partial charge in [0.25, 0.3) is 0 Å². The van der Waals surface area contributed by atoms with Crippen molar-refractivity contribution in [1.29, 1.82) is 0 Å². The second-order valence-electron chi connectivity index (χ2n) is 5.43. The van der Waals surface area contributed by atoms with Gasteiger partial charge in [-0.15, -0.1) is 0 Å². The van der Waals surface area contributed by atoms with Gasteiger partial charge in [-0.3, -0.25) is 9.58 Å². The number of nitrogen functional groups attached to an aromatic ring is 1. The van der Waals surface area contributed by atoms with Crippen molar-refractivity contribution in [3.05, 3.63) is 45.7 Å². The highest BCUT2D eigenvalue weighted by atomic mass is 79.9. The molecule has 21 heavy (non-hydrogen) atoms. The fourth-order valence-electron chi connectivity index (χ4n) is 2.54. The van der Waals surface area contributed by atoms with Gasteiger partial charge in [-0.2, -0.15) is 5.10 Å². The third-order valence-corrected chi connectivity index (χ3v) is 4.56. The first kappa shape index (κ1) is 16.0. The van der Waals surface area contributed by atoms with E-state index in [1.807, 2.05) is 36.9 Å². The van der Waals surface area contributed by atoms with E-state index in [4.69, 9.17) is 5.73 Å². The first-order valence-electron chi connectivity index (χ1n) is 7.26. The number of hydrogen-bond donors (Lipinski definition) is 1. The molecule has 0 amide bonds. The number of nitrogens with zero attached hydrogens (tertiary/aromatic N) is 3. The van der Waals surface area contributed by atoms with Crippen molar-refractivity contribution in [2.75, 3.05) is 12.3 Å². The summed E-state index contributed by atoms with van der Waals surface area (Å²) < 4.78 is 3.07. The summed E-state index contributed by atoms with van der Waals surface area (Å²) in [6.45, 7) is 7.05. The van der Waals surface area contributed by atoms with Crippen LogP contribution in [-0.4, -0.2) is 21.2 Å². The number of rotatable bonds is 6. The Morgan fingerprint density at radius 2 is 2.10 bits per heavy atom. The molecule has 0 unspecified atom stereocenters. The number of anilines is 1. The molecule has 2 aromatic rings. The van der Waals surface area contributed by atoms with Gasteiger partial charge in [-0.25, -0.2) is 0 Å². The number of hydrogen-bond acceptors (Lipinski definition) is 3. The second-order valence-corrected chi connectivity index (χ2v) is 6.22. The predicted octanol–water partition coefficient (Wildman–Crippen LogP) is 3.49. The van der Waals surface area contributed by atoms with Gasteiger partial charge in [0.15, 0.2) is 0 Å². The second kappa shape index (κ2) is 7.09. The molecule has 0 atom stereocenters. The van der Waals surface area contributed by atoms with Crippen molar-refractivity contribution in [3.63, 3.8) is 0 Å². The van der Waals surface area contributed by atoms with Crippen LogP contribution in [0.3, 0.4) is 0 Å². The highest BCUT2D eigenvalue weighted by molar-refractivity contribution is 9.10. The average molecular weight is 351 g/mol. The molecule has 1 aromatic heterocycles. The average Bonchev–Trinajstić information content (AvgIpc) is 2.66. The zero-order valence-electron chi connectivity index (χ0n) is 12.9. The van der Waals surface area contributed by atoms with E-state index in [2.05, 4.69) is 38.9 Å². The molecular formula is C16H23BrN4. The SMILES string of the molecule is CCCN(Cc1cccc(N)c1)Cc1c(Br)c(C)nn1C. The highest BCUT2D eigenvalue weighted by Crippen LogP contribution is 2.22. The molecule has 0 spiro atoms. The lowest BCUT2D eigenvalue weighted by Gasteiger charge is -2.22. The van der Waals surface area contributed by atoms with Crippen LogP contribution < -0.4 is 5.73 Å². The molecule has 1 aromatic carbocycles. The van der Waals surface area contributed by atoms with Crippen LogP contribution in [0.5, 0.6) is 0 Å². The molecule has 2 N–H and O–H groups in total. The van der Waals surface area contributed by atoms with Crippen molar-refractivity contribution < 1.29 is 0 Å². The van der Waals surface area contributed by atoms with Gasteiger partial charge in [-0.05, 0) is 53.5 Å². The van der Waals surface area contributed by atoms with Gasteiger partial charge in [0.05, 0.1) is 15.9 Å². The van der Waals surface area contributed by atoms with Crippen molar-refractivity contribution in [2.24, 2.45) is 7.05 Å². The molecule has 0 bridgehead atoms. The Hall–Kier alpha value is -1.33. The quantitative estimate of drug-likeness (QED) is 0.811. The minimum Gasteiger partial charge on any atom is -0.399 e. The van der Waals surface area contributed by atoms with Crippen molar-refractivity contribution >= 4 is 21.6 Å². The lowest BCUT2D eigenvalue weighted by Crippen LogP contribution is -2.25. The molecule has 0 aliphatic heterocycles. The smallest absolute Gasteiger partial charge is 0.0739 e. The fraction of sp³-hybridized carbons (Fsp3) is 0.438. The van der Waals surface area contributed by atoms with E-state index in [0.717, 1.165) is 41.9 Å². The summed E-state index contributed by atoms with van der Waals surface area (Å²) in [4.78, 5) is 2.43. The number of benzene rings is 1. The van der Waals surface area contributed by atoms with E-state index < -0.39 is 0 Å². The molecule has 0 fully saturated rings. The summed E-state index contributed by atoms with van der Waals surface area (Å²) in [5.41, 5.74) is 10.2. The van der Waals surface area contributed by atoms with Crippen LogP contribution in [-0.2, 0) is 20.1 Å². The molecule has 114 valence electrons. The van der Waals surface area contributed by atoms with Gasteiger partial charge in [0, 0.05) is 25.8 Å². The van der Waals surface area contributed by atoms with E-state index in [1.54, 1.807) is 0 Å². The summed E-state index contributed by atoms with van der Waals surface area (Å²) >= 11 is 3.65. The largest absolute Gasteiger partial charge is 0.399 e. The summed E-state index contributed by atoms with van der Waals surface area (Å²) in [5.74, 6) is 0. The van der Waals surface area contributed by atoms with Crippen LogP contribution in [0.25, 0.3) is 0 Å². The fourth-order valence-corrected chi connectivity index (χ4v) is 3.00. The van der Waals surface area contributed by atoms with Crippen LogP contribution in [0.4, 0.5) is 5.69 Å². The Kier molecular flexibility index (Phi) is 5.42. The van der Waals surface area contributed by atoms with E-state index in [0.29, 0.717) is 0 Å². The minimum absolute atomic E-state index is 0.821. The Balaban J connectivity index is 2.15. The van der Waals surface area contributed by atoms with E-state index >= 15 is 0 Å². The molecule has 0 saturated heterocycles. The first-order valence-corrected chi connectivity index (χ1v) is 8.05. The molecule has 0 aliphatic rings. The van der Waals surface area contributed by atoms with E-state index in [9.17, 15) is 0 Å². The summed E-state index contributed by atoms with van der Waals surface area (Å²) in [5, 5.41) is 4.47. The maximum atomic E-state index is 5.87. The molecule has 0 saturated carbocycles. The predicted molar refractivity (Wildman–Crippen MR) is 90.9 cm³/mol. The Morgan fingerprint density at radius 1 is 1.33 bits per heavy atom. The highest BCUT2D eigenvalue weighted by Gasteiger charge is 2.14. The zero-order valence-corrected chi connectivity index (χ0v) is 14.5. The van der Waals surface area contributed by atoms with Crippen LogP contribution in [0.2, 0.25) is 0 Å². The lowest BCUT2D eigenvalue weighted by molar-refractivity contribution is 0.250. The van der Waals surface area contributed by atoms with Crippen molar-refractivity contribution in [1.82, 2.24) is 14.7 Å². The Morgan fingerprint density at radius 3 is 2.67 bits per heavy atom. The van der Waals surface area contributed by atoms with E-state index in [1.165, 1.54) is 11.3 Å². The molecule has 2 rings (SSSR count). The monoisotopic (exact) mass is 350 g/mol. The minimum atomic E-state index is 0.821. The van der Waals surface area contributed by atoms with E-state index in [-0.39, 0.29) is 0 Å². The molecular weight excluding hydrogens is 328 g/mol. The van der Waals surface area contributed by atoms with Crippen LogP contribution in [0, 0.1) is 6.92 Å².